The van der Waals surface area contributed by atoms with Gasteiger partial charge in [0.05, 0.1) is 16.8 Å². The molecule has 1 aliphatic heterocycles. The summed E-state index contributed by atoms with van der Waals surface area (Å²) >= 11 is 1.41. The summed E-state index contributed by atoms with van der Waals surface area (Å²) in [5.41, 5.74) is 2.61. The number of aromatic nitrogens is 4. The molecule has 170 valence electrons. The van der Waals surface area contributed by atoms with Gasteiger partial charge in [-0.1, -0.05) is 42.4 Å². The zero-order chi connectivity index (χ0) is 22.7. The molecule has 0 saturated carbocycles. The van der Waals surface area contributed by atoms with Crippen molar-refractivity contribution in [3.05, 3.63) is 72.6 Å². The van der Waals surface area contributed by atoms with E-state index < -0.39 is 10.0 Å². The zero-order valence-electron chi connectivity index (χ0n) is 17.9. The molecule has 8 nitrogen and oxygen atoms in total. The van der Waals surface area contributed by atoms with Gasteiger partial charge in [0.25, 0.3) is 5.22 Å². The molecular formula is C23H23N5O3S2. The van der Waals surface area contributed by atoms with E-state index in [0.29, 0.717) is 35.5 Å². The Bertz CT molecular complexity index is 1330. The van der Waals surface area contributed by atoms with Crippen LogP contribution in [0.25, 0.3) is 17.1 Å². The van der Waals surface area contributed by atoms with E-state index in [1.54, 1.807) is 28.6 Å². The Kier molecular flexibility index (Phi) is 6.30. The molecule has 5 rings (SSSR count). The van der Waals surface area contributed by atoms with Crippen LogP contribution >= 0.6 is 11.8 Å². The van der Waals surface area contributed by atoms with Gasteiger partial charge >= 0.3 is 0 Å². The van der Waals surface area contributed by atoms with Gasteiger partial charge in [0.15, 0.2) is 0 Å². The van der Waals surface area contributed by atoms with Crippen molar-refractivity contribution in [1.82, 2.24) is 24.3 Å². The fraction of sp³-hybridized carbons (Fsp3) is 0.261. The first-order valence-corrected chi connectivity index (χ1v) is 13.2. The lowest BCUT2D eigenvalue weighted by Crippen LogP contribution is -2.35. The third kappa shape index (κ3) is 4.87. The second-order valence-corrected chi connectivity index (χ2v) is 10.6. The number of hydrogen-bond acceptors (Lipinski definition) is 7. The first kappa shape index (κ1) is 21.9. The van der Waals surface area contributed by atoms with Gasteiger partial charge in [0, 0.05) is 36.2 Å². The number of hydrogen-bond donors (Lipinski definition) is 0. The lowest BCUT2D eigenvalue weighted by molar-refractivity contribution is 0.346. The van der Waals surface area contributed by atoms with Crippen LogP contribution in [0.2, 0.25) is 0 Å². The summed E-state index contributed by atoms with van der Waals surface area (Å²) in [6.07, 6.45) is 6.64. The third-order valence-electron chi connectivity index (χ3n) is 5.46. The summed E-state index contributed by atoms with van der Waals surface area (Å²) in [5, 5.41) is 13.1. The van der Waals surface area contributed by atoms with Crippen LogP contribution in [0.3, 0.4) is 0 Å². The van der Waals surface area contributed by atoms with E-state index in [-0.39, 0.29) is 4.90 Å². The molecule has 1 saturated heterocycles. The van der Waals surface area contributed by atoms with E-state index in [4.69, 9.17) is 4.42 Å². The molecule has 0 amide bonds. The van der Waals surface area contributed by atoms with Gasteiger partial charge < -0.3 is 4.42 Å². The van der Waals surface area contributed by atoms with E-state index >= 15 is 0 Å². The van der Waals surface area contributed by atoms with Crippen molar-refractivity contribution in [2.45, 2.75) is 35.1 Å². The average molecular weight is 482 g/mol. The Morgan fingerprint density at radius 1 is 0.970 bits per heavy atom. The van der Waals surface area contributed by atoms with Gasteiger partial charge in [-0.2, -0.15) is 9.40 Å². The highest BCUT2D eigenvalue weighted by Gasteiger charge is 2.26. The summed E-state index contributed by atoms with van der Waals surface area (Å²) in [4.78, 5) is 0.252. The molecule has 1 aliphatic rings. The Morgan fingerprint density at radius 3 is 2.61 bits per heavy atom. The Hall–Kier alpha value is -2.95. The topological polar surface area (TPSA) is 94.1 Å². The van der Waals surface area contributed by atoms with Crippen molar-refractivity contribution in [1.29, 1.82) is 0 Å². The summed E-state index contributed by atoms with van der Waals surface area (Å²) in [6, 6.07) is 16.6. The SMILES string of the molecule is O=S(=O)(c1cccc(-c2nnc(SCc3cnn(-c4ccccc4)c3)o2)c1)N1CCCCC1. The van der Waals surface area contributed by atoms with Gasteiger partial charge in [0.2, 0.25) is 15.9 Å². The van der Waals surface area contributed by atoms with E-state index in [1.165, 1.54) is 11.8 Å². The minimum atomic E-state index is -3.52. The van der Waals surface area contributed by atoms with Crippen LogP contribution in [-0.4, -0.2) is 45.8 Å². The molecule has 3 heterocycles. The number of benzene rings is 2. The van der Waals surface area contributed by atoms with Gasteiger partial charge in [-0.25, -0.2) is 13.1 Å². The fourth-order valence-electron chi connectivity index (χ4n) is 3.73. The third-order valence-corrected chi connectivity index (χ3v) is 8.24. The number of nitrogens with zero attached hydrogens (tertiary/aromatic N) is 5. The standard InChI is InChI=1S/C23H23N5O3S2/c29-33(30,27-12-5-2-6-13-27)21-11-7-8-19(14-21)22-25-26-23(31-22)32-17-18-15-24-28(16-18)20-9-3-1-4-10-20/h1,3-4,7-11,14-16H,2,5-6,12-13,17H2. The van der Waals surface area contributed by atoms with Crippen LogP contribution < -0.4 is 0 Å². The number of thioether (sulfide) groups is 1. The molecule has 0 aliphatic carbocycles. The second kappa shape index (κ2) is 9.50. The Balaban J connectivity index is 1.27. The second-order valence-electron chi connectivity index (χ2n) is 7.78. The lowest BCUT2D eigenvalue weighted by atomic mass is 10.2. The molecule has 0 radical (unpaired) electrons. The number of para-hydroxylation sites is 1. The van der Waals surface area contributed by atoms with Crippen molar-refractivity contribution >= 4 is 21.8 Å². The van der Waals surface area contributed by atoms with Crippen LogP contribution in [-0.2, 0) is 15.8 Å². The Morgan fingerprint density at radius 2 is 1.79 bits per heavy atom. The molecule has 0 bridgehead atoms. The zero-order valence-corrected chi connectivity index (χ0v) is 19.5. The maximum Gasteiger partial charge on any atom is 0.277 e. The number of sulfonamides is 1. The summed E-state index contributed by atoms with van der Waals surface area (Å²) in [5.74, 6) is 0.922. The minimum absolute atomic E-state index is 0.252. The maximum atomic E-state index is 13.0. The van der Waals surface area contributed by atoms with Crippen LogP contribution in [0.5, 0.6) is 0 Å². The minimum Gasteiger partial charge on any atom is -0.411 e. The predicted octanol–water partition coefficient (Wildman–Crippen LogP) is 4.39. The van der Waals surface area contributed by atoms with Crippen LogP contribution in [0.15, 0.2) is 81.5 Å². The molecular weight excluding hydrogens is 458 g/mol. The van der Waals surface area contributed by atoms with Crippen molar-refractivity contribution in [2.75, 3.05) is 13.1 Å². The van der Waals surface area contributed by atoms with E-state index in [9.17, 15) is 8.42 Å². The van der Waals surface area contributed by atoms with Crippen molar-refractivity contribution in [2.24, 2.45) is 0 Å². The predicted molar refractivity (Wildman–Crippen MR) is 125 cm³/mol. The number of piperidine rings is 1. The van der Waals surface area contributed by atoms with Gasteiger partial charge in [-0.15, -0.1) is 10.2 Å². The summed E-state index contributed by atoms with van der Waals surface area (Å²) in [6.45, 7) is 1.13. The normalized spacial score (nSPS) is 15.0. The monoisotopic (exact) mass is 481 g/mol. The van der Waals surface area contributed by atoms with Gasteiger partial charge in [-0.3, -0.25) is 0 Å². The highest BCUT2D eigenvalue weighted by Crippen LogP contribution is 2.28. The highest BCUT2D eigenvalue weighted by molar-refractivity contribution is 7.98. The lowest BCUT2D eigenvalue weighted by Gasteiger charge is -2.25. The Labute approximate surface area is 196 Å². The quantitative estimate of drug-likeness (QED) is 0.361. The van der Waals surface area contributed by atoms with Crippen LogP contribution in [0.1, 0.15) is 24.8 Å². The molecule has 0 spiro atoms. The van der Waals surface area contributed by atoms with Crippen LogP contribution in [0, 0.1) is 0 Å². The summed E-state index contributed by atoms with van der Waals surface area (Å²) < 4.78 is 35.2. The van der Waals surface area contributed by atoms with Crippen LogP contribution in [0.4, 0.5) is 0 Å². The van der Waals surface area contributed by atoms with Gasteiger partial charge in [-0.05, 0) is 43.2 Å². The number of rotatable bonds is 7. The van der Waals surface area contributed by atoms with E-state index in [1.807, 2.05) is 47.4 Å². The first-order chi connectivity index (χ1) is 16.1. The molecule has 2 aromatic carbocycles. The molecule has 4 aromatic rings. The smallest absolute Gasteiger partial charge is 0.277 e. The maximum absolute atomic E-state index is 13.0. The van der Waals surface area contributed by atoms with E-state index in [2.05, 4.69) is 15.3 Å². The molecule has 2 aromatic heterocycles. The summed E-state index contributed by atoms with van der Waals surface area (Å²) in [7, 11) is -3.52. The van der Waals surface area contributed by atoms with Crippen molar-refractivity contribution in [3.8, 4) is 17.1 Å². The first-order valence-electron chi connectivity index (χ1n) is 10.8. The largest absolute Gasteiger partial charge is 0.411 e. The molecule has 10 heteroatoms. The van der Waals surface area contributed by atoms with E-state index in [0.717, 1.165) is 30.5 Å². The molecule has 0 unspecified atom stereocenters. The van der Waals surface area contributed by atoms with Gasteiger partial charge in [0.1, 0.15) is 0 Å². The van der Waals surface area contributed by atoms with Crippen molar-refractivity contribution < 1.29 is 12.8 Å². The molecule has 1 fully saturated rings. The highest BCUT2D eigenvalue weighted by atomic mass is 32.2. The molecule has 0 atom stereocenters. The fourth-order valence-corrected chi connectivity index (χ4v) is 5.97. The molecule has 0 N–H and O–H groups in total. The average Bonchev–Trinajstić information content (AvgIpc) is 3.54. The van der Waals surface area contributed by atoms with Crippen molar-refractivity contribution in [3.63, 3.8) is 0 Å². The molecule has 33 heavy (non-hydrogen) atoms.